The average molecular weight is 264 g/mol. The number of unbranched alkanes of at least 4 members (excludes halogenated alkanes) is 6. The van der Waals surface area contributed by atoms with Crippen LogP contribution in [0, 0.1) is 0 Å². The van der Waals surface area contributed by atoms with Crippen molar-refractivity contribution < 1.29 is 9.90 Å². The summed E-state index contributed by atoms with van der Waals surface area (Å²) < 4.78 is 0. The molecule has 0 fully saturated rings. The van der Waals surface area contributed by atoms with E-state index >= 15 is 0 Å². The Balaban J connectivity index is 3.01. The van der Waals surface area contributed by atoms with E-state index in [-0.39, 0.29) is 0 Å². The molecule has 1 atom stereocenters. The van der Waals surface area contributed by atoms with E-state index in [1.54, 1.807) is 0 Å². The molecule has 0 radical (unpaired) electrons. The number of hydrogen-bond acceptors (Lipinski definition) is 3. The van der Waals surface area contributed by atoms with Crippen LogP contribution in [0.25, 0.3) is 0 Å². The Labute approximate surface area is 110 Å². The summed E-state index contributed by atoms with van der Waals surface area (Å²) in [4.78, 5) is 10.3. The molecule has 0 saturated carbocycles. The fraction of sp³-hybridized carbons (Fsp3) is 0.917. The first-order valence-corrected chi connectivity index (χ1v) is 7.32. The van der Waals surface area contributed by atoms with Crippen LogP contribution in [-0.4, -0.2) is 22.1 Å². The molecule has 0 heterocycles. The van der Waals surface area contributed by atoms with Gasteiger partial charge in [-0.1, -0.05) is 38.5 Å². The molecule has 0 aliphatic heterocycles. The number of aliphatic carboxylic acids is 1. The SMILES string of the molecule is O=C(O)CCCCCCCCCC(S)CS. The Hall–Kier alpha value is 0.170. The standard InChI is InChI=1S/C12H24O2S2/c13-12(14)9-7-5-3-1-2-4-6-8-11(16)10-15/h11,15-16H,1-10H2,(H,13,14). The lowest BCUT2D eigenvalue weighted by molar-refractivity contribution is -0.137. The Bertz CT molecular complexity index is 174. The van der Waals surface area contributed by atoms with Gasteiger partial charge in [-0.25, -0.2) is 0 Å². The maximum Gasteiger partial charge on any atom is 0.303 e. The quantitative estimate of drug-likeness (QED) is 0.392. The van der Waals surface area contributed by atoms with E-state index in [1.807, 2.05) is 0 Å². The maximum absolute atomic E-state index is 10.3. The van der Waals surface area contributed by atoms with Crippen LogP contribution in [0.1, 0.15) is 57.8 Å². The van der Waals surface area contributed by atoms with Crippen LogP contribution < -0.4 is 0 Å². The van der Waals surface area contributed by atoms with Crippen molar-refractivity contribution in [3.63, 3.8) is 0 Å². The molecule has 0 aromatic carbocycles. The van der Waals surface area contributed by atoms with Crippen molar-refractivity contribution in [2.24, 2.45) is 0 Å². The summed E-state index contributed by atoms with van der Waals surface area (Å²) in [6.07, 6.45) is 9.54. The normalized spacial score (nSPS) is 12.6. The largest absolute Gasteiger partial charge is 0.481 e. The summed E-state index contributed by atoms with van der Waals surface area (Å²) in [6.45, 7) is 0. The molecule has 1 unspecified atom stereocenters. The van der Waals surface area contributed by atoms with Gasteiger partial charge in [0.25, 0.3) is 0 Å². The highest BCUT2D eigenvalue weighted by molar-refractivity contribution is 7.84. The van der Waals surface area contributed by atoms with Crippen molar-refractivity contribution in [3.8, 4) is 0 Å². The highest BCUT2D eigenvalue weighted by Crippen LogP contribution is 2.13. The summed E-state index contributed by atoms with van der Waals surface area (Å²) in [7, 11) is 0. The van der Waals surface area contributed by atoms with Gasteiger partial charge in [0.1, 0.15) is 0 Å². The first-order chi connectivity index (χ1) is 7.66. The van der Waals surface area contributed by atoms with Crippen molar-refractivity contribution in [1.29, 1.82) is 0 Å². The minimum atomic E-state index is -0.674. The third kappa shape index (κ3) is 12.2. The Morgan fingerprint density at radius 3 is 2.00 bits per heavy atom. The smallest absolute Gasteiger partial charge is 0.303 e. The van der Waals surface area contributed by atoms with E-state index in [1.165, 1.54) is 32.1 Å². The number of hydrogen-bond donors (Lipinski definition) is 3. The number of carboxylic acids is 1. The van der Waals surface area contributed by atoms with E-state index in [2.05, 4.69) is 25.3 Å². The molecule has 0 rings (SSSR count). The van der Waals surface area contributed by atoms with E-state index in [0.29, 0.717) is 11.7 Å². The van der Waals surface area contributed by atoms with Crippen LogP contribution in [0.2, 0.25) is 0 Å². The third-order valence-electron chi connectivity index (χ3n) is 2.64. The fourth-order valence-electron chi connectivity index (χ4n) is 1.63. The van der Waals surface area contributed by atoms with Gasteiger partial charge in [-0.05, 0) is 12.8 Å². The number of rotatable bonds is 11. The van der Waals surface area contributed by atoms with Gasteiger partial charge in [-0.3, -0.25) is 4.79 Å². The van der Waals surface area contributed by atoms with Gasteiger partial charge in [-0.2, -0.15) is 25.3 Å². The average Bonchev–Trinajstić information content (AvgIpc) is 2.26. The first kappa shape index (κ1) is 16.2. The van der Waals surface area contributed by atoms with Crippen molar-refractivity contribution in [3.05, 3.63) is 0 Å². The summed E-state index contributed by atoms with van der Waals surface area (Å²) in [5.74, 6) is 0.185. The van der Waals surface area contributed by atoms with Crippen LogP contribution >= 0.6 is 25.3 Å². The van der Waals surface area contributed by atoms with Crippen LogP contribution in [0.15, 0.2) is 0 Å². The van der Waals surface area contributed by atoms with Crippen LogP contribution in [-0.2, 0) is 4.79 Å². The molecule has 0 amide bonds. The minimum absolute atomic E-state index is 0.323. The first-order valence-electron chi connectivity index (χ1n) is 6.17. The number of carbonyl (C=O) groups is 1. The van der Waals surface area contributed by atoms with Gasteiger partial charge >= 0.3 is 5.97 Å². The molecular formula is C12H24O2S2. The zero-order valence-electron chi connectivity index (χ0n) is 9.90. The molecule has 0 aliphatic rings. The van der Waals surface area contributed by atoms with Crippen LogP contribution in [0.3, 0.4) is 0 Å². The van der Waals surface area contributed by atoms with E-state index in [9.17, 15) is 4.79 Å². The minimum Gasteiger partial charge on any atom is -0.481 e. The lowest BCUT2D eigenvalue weighted by Gasteiger charge is -2.06. The molecule has 0 aliphatic carbocycles. The van der Waals surface area contributed by atoms with Gasteiger partial charge in [0.05, 0.1) is 0 Å². The molecule has 0 aromatic heterocycles. The molecule has 0 aromatic rings. The van der Waals surface area contributed by atoms with Gasteiger partial charge in [-0.15, -0.1) is 0 Å². The second-order valence-corrected chi connectivity index (χ2v) is 5.34. The predicted molar refractivity (Wildman–Crippen MR) is 75.8 cm³/mol. The van der Waals surface area contributed by atoms with Crippen molar-refractivity contribution in [2.75, 3.05) is 5.75 Å². The van der Waals surface area contributed by atoms with Crippen LogP contribution in [0.5, 0.6) is 0 Å². The molecular weight excluding hydrogens is 240 g/mol. The number of carboxylic acid groups (broad SMARTS) is 1. The summed E-state index contributed by atoms with van der Waals surface area (Å²) in [5, 5.41) is 8.89. The molecule has 4 heteroatoms. The second kappa shape index (κ2) is 11.6. The van der Waals surface area contributed by atoms with Gasteiger partial charge < -0.3 is 5.11 Å². The van der Waals surface area contributed by atoms with Gasteiger partial charge in [0, 0.05) is 17.4 Å². The molecule has 0 saturated heterocycles. The van der Waals surface area contributed by atoms with E-state index < -0.39 is 5.97 Å². The Kier molecular flexibility index (Phi) is 11.8. The summed E-state index contributed by atoms with van der Waals surface area (Å²) in [6, 6.07) is 0. The zero-order valence-corrected chi connectivity index (χ0v) is 11.7. The fourth-order valence-corrected chi connectivity index (χ4v) is 2.00. The molecule has 0 bridgehead atoms. The zero-order chi connectivity index (χ0) is 12.2. The Morgan fingerprint density at radius 2 is 1.50 bits per heavy atom. The molecule has 1 N–H and O–H groups in total. The molecule has 2 nitrogen and oxygen atoms in total. The van der Waals surface area contributed by atoms with Gasteiger partial charge in [0.15, 0.2) is 0 Å². The van der Waals surface area contributed by atoms with Crippen molar-refractivity contribution >= 4 is 31.2 Å². The summed E-state index contributed by atoms with van der Waals surface area (Å²) >= 11 is 8.58. The molecule has 16 heavy (non-hydrogen) atoms. The lowest BCUT2D eigenvalue weighted by atomic mass is 10.1. The highest BCUT2D eigenvalue weighted by Gasteiger charge is 1.99. The lowest BCUT2D eigenvalue weighted by Crippen LogP contribution is -1.99. The molecule has 0 spiro atoms. The van der Waals surface area contributed by atoms with Gasteiger partial charge in [0.2, 0.25) is 0 Å². The predicted octanol–water partition coefficient (Wildman–Crippen LogP) is 3.81. The Morgan fingerprint density at radius 1 is 1.00 bits per heavy atom. The van der Waals surface area contributed by atoms with Crippen molar-refractivity contribution in [1.82, 2.24) is 0 Å². The summed E-state index contributed by atoms with van der Waals surface area (Å²) in [5.41, 5.74) is 0. The maximum atomic E-state index is 10.3. The van der Waals surface area contributed by atoms with E-state index in [4.69, 9.17) is 5.11 Å². The monoisotopic (exact) mass is 264 g/mol. The molecule has 96 valence electrons. The van der Waals surface area contributed by atoms with Crippen LogP contribution in [0.4, 0.5) is 0 Å². The van der Waals surface area contributed by atoms with Crippen molar-refractivity contribution in [2.45, 2.75) is 63.0 Å². The topological polar surface area (TPSA) is 37.3 Å². The third-order valence-corrected chi connectivity index (χ3v) is 3.81. The number of thiol groups is 2. The van der Waals surface area contributed by atoms with E-state index in [0.717, 1.165) is 25.0 Å². The second-order valence-electron chi connectivity index (χ2n) is 4.24. The highest BCUT2D eigenvalue weighted by atomic mass is 32.1.